The highest BCUT2D eigenvalue weighted by atomic mass is 32.1. The number of carbonyl (C=O) groups excluding carboxylic acids is 1. The first-order valence-corrected chi connectivity index (χ1v) is 7.49. The Morgan fingerprint density at radius 2 is 2.17 bits per heavy atom. The molecule has 1 aromatic heterocycles. The summed E-state index contributed by atoms with van der Waals surface area (Å²) in [7, 11) is 0. The Kier molecular flexibility index (Phi) is 4.07. The third kappa shape index (κ3) is 2.45. The molecule has 2 atom stereocenters. The molecular formula is C14H22N2OS. The number of aryl methyl sites for hydroxylation is 1. The van der Waals surface area contributed by atoms with Crippen molar-refractivity contribution in [3.05, 3.63) is 21.9 Å². The van der Waals surface area contributed by atoms with Crippen LogP contribution in [0.1, 0.15) is 43.1 Å². The SMILES string of the molecule is CCCN1C(=O)C(C(C)C)NC1c1ccc(C)s1. The topological polar surface area (TPSA) is 32.3 Å². The minimum Gasteiger partial charge on any atom is -0.321 e. The third-order valence-corrected chi connectivity index (χ3v) is 4.41. The first-order chi connectivity index (χ1) is 8.54. The highest BCUT2D eigenvalue weighted by Crippen LogP contribution is 2.32. The van der Waals surface area contributed by atoms with E-state index in [1.165, 1.54) is 9.75 Å². The van der Waals surface area contributed by atoms with E-state index in [1.54, 1.807) is 11.3 Å². The number of rotatable bonds is 4. The molecule has 2 rings (SSSR count). The van der Waals surface area contributed by atoms with Crippen molar-refractivity contribution >= 4 is 17.2 Å². The van der Waals surface area contributed by atoms with Crippen molar-refractivity contribution in [2.45, 2.75) is 46.3 Å². The van der Waals surface area contributed by atoms with Gasteiger partial charge < -0.3 is 4.90 Å². The Bertz CT molecular complexity index is 427. The number of nitrogens with one attached hydrogen (secondary N) is 1. The molecule has 1 N–H and O–H groups in total. The van der Waals surface area contributed by atoms with E-state index >= 15 is 0 Å². The van der Waals surface area contributed by atoms with Crippen molar-refractivity contribution < 1.29 is 4.79 Å². The quantitative estimate of drug-likeness (QED) is 0.909. The van der Waals surface area contributed by atoms with Gasteiger partial charge in [0.1, 0.15) is 6.17 Å². The Labute approximate surface area is 113 Å². The van der Waals surface area contributed by atoms with Crippen molar-refractivity contribution in [3.63, 3.8) is 0 Å². The van der Waals surface area contributed by atoms with Crippen molar-refractivity contribution in [2.75, 3.05) is 6.54 Å². The normalized spacial score (nSPS) is 24.3. The summed E-state index contributed by atoms with van der Waals surface area (Å²) in [5.74, 6) is 0.589. The molecule has 0 spiro atoms. The maximum Gasteiger partial charge on any atom is 0.241 e. The number of nitrogens with zero attached hydrogens (tertiary/aromatic N) is 1. The molecule has 0 saturated carbocycles. The van der Waals surface area contributed by atoms with Crippen molar-refractivity contribution in [3.8, 4) is 0 Å². The van der Waals surface area contributed by atoms with Crippen LogP contribution >= 0.6 is 11.3 Å². The summed E-state index contributed by atoms with van der Waals surface area (Å²) in [6.45, 7) is 9.25. The highest BCUT2D eigenvalue weighted by molar-refractivity contribution is 7.12. The largest absolute Gasteiger partial charge is 0.321 e. The van der Waals surface area contributed by atoms with Gasteiger partial charge in [0.05, 0.1) is 6.04 Å². The first-order valence-electron chi connectivity index (χ1n) is 6.67. The zero-order chi connectivity index (χ0) is 13.3. The maximum absolute atomic E-state index is 12.4. The number of hydrogen-bond acceptors (Lipinski definition) is 3. The van der Waals surface area contributed by atoms with Gasteiger partial charge in [-0.05, 0) is 31.4 Å². The van der Waals surface area contributed by atoms with E-state index in [0.717, 1.165) is 13.0 Å². The van der Waals surface area contributed by atoms with Gasteiger partial charge in [-0.2, -0.15) is 0 Å². The van der Waals surface area contributed by atoms with Gasteiger partial charge in [-0.3, -0.25) is 10.1 Å². The summed E-state index contributed by atoms with van der Waals surface area (Å²) in [5, 5.41) is 3.49. The third-order valence-electron chi connectivity index (χ3n) is 3.36. The molecule has 1 saturated heterocycles. The van der Waals surface area contributed by atoms with Crippen molar-refractivity contribution in [1.82, 2.24) is 10.2 Å². The lowest BCUT2D eigenvalue weighted by molar-refractivity contribution is -0.130. The van der Waals surface area contributed by atoms with Crippen LogP contribution in [0.15, 0.2) is 12.1 Å². The average molecular weight is 266 g/mol. The van der Waals surface area contributed by atoms with Crippen LogP contribution in [0.25, 0.3) is 0 Å². The van der Waals surface area contributed by atoms with Crippen LogP contribution in [0.2, 0.25) is 0 Å². The molecule has 0 aliphatic carbocycles. The van der Waals surface area contributed by atoms with Gasteiger partial charge in [0.2, 0.25) is 5.91 Å². The zero-order valence-electron chi connectivity index (χ0n) is 11.6. The van der Waals surface area contributed by atoms with E-state index in [0.29, 0.717) is 5.92 Å². The fourth-order valence-corrected chi connectivity index (χ4v) is 3.38. The second-order valence-corrected chi connectivity index (χ2v) is 6.59. The minimum absolute atomic E-state index is 0.0380. The van der Waals surface area contributed by atoms with Crippen LogP contribution in [-0.4, -0.2) is 23.4 Å². The molecule has 0 radical (unpaired) electrons. The lowest BCUT2D eigenvalue weighted by Crippen LogP contribution is -2.34. The standard InChI is InChI=1S/C14H22N2OS/c1-5-8-16-13(11-7-6-10(4)18-11)15-12(9(2)3)14(16)17/h6-7,9,12-13,15H,5,8H2,1-4H3. The summed E-state index contributed by atoms with van der Waals surface area (Å²) in [4.78, 5) is 16.9. The molecule has 2 unspecified atom stereocenters. The average Bonchev–Trinajstić information content (AvgIpc) is 2.85. The summed E-state index contributed by atoms with van der Waals surface area (Å²) < 4.78 is 0. The molecule has 100 valence electrons. The molecule has 1 aliphatic rings. The molecule has 2 heterocycles. The predicted octanol–water partition coefficient (Wildman–Crippen LogP) is 2.92. The summed E-state index contributed by atoms with van der Waals surface area (Å²) in [6.07, 6.45) is 1.07. The van der Waals surface area contributed by atoms with E-state index in [2.05, 4.69) is 45.1 Å². The van der Waals surface area contributed by atoms with Gasteiger partial charge in [0.25, 0.3) is 0 Å². The fourth-order valence-electron chi connectivity index (χ4n) is 2.43. The Hall–Kier alpha value is -0.870. The molecule has 1 aromatic rings. The highest BCUT2D eigenvalue weighted by Gasteiger charge is 2.40. The smallest absolute Gasteiger partial charge is 0.241 e. The van der Waals surface area contributed by atoms with Crippen molar-refractivity contribution in [1.29, 1.82) is 0 Å². The number of amides is 1. The van der Waals surface area contributed by atoms with Crippen LogP contribution in [-0.2, 0) is 4.79 Å². The van der Waals surface area contributed by atoms with Crippen LogP contribution < -0.4 is 5.32 Å². The van der Waals surface area contributed by atoms with E-state index in [1.807, 2.05) is 4.90 Å². The first kappa shape index (κ1) is 13.6. The van der Waals surface area contributed by atoms with Crippen LogP contribution in [0.4, 0.5) is 0 Å². The molecule has 4 heteroatoms. The van der Waals surface area contributed by atoms with Crippen molar-refractivity contribution in [2.24, 2.45) is 5.92 Å². The second-order valence-electron chi connectivity index (χ2n) is 5.27. The molecule has 1 fully saturated rings. The predicted molar refractivity (Wildman–Crippen MR) is 75.6 cm³/mol. The zero-order valence-corrected chi connectivity index (χ0v) is 12.4. The Morgan fingerprint density at radius 3 is 2.67 bits per heavy atom. The maximum atomic E-state index is 12.4. The van der Waals surface area contributed by atoms with Gasteiger partial charge in [-0.15, -0.1) is 11.3 Å². The fraction of sp³-hybridized carbons (Fsp3) is 0.643. The van der Waals surface area contributed by atoms with Gasteiger partial charge in [0, 0.05) is 16.3 Å². The van der Waals surface area contributed by atoms with Crippen LogP contribution in [0, 0.1) is 12.8 Å². The van der Waals surface area contributed by atoms with Gasteiger partial charge >= 0.3 is 0 Å². The number of carbonyl (C=O) groups is 1. The second kappa shape index (κ2) is 5.41. The Balaban J connectivity index is 2.25. The molecule has 0 aromatic carbocycles. The van der Waals surface area contributed by atoms with E-state index < -0.39 is 0 Å². The van der Waals surface area contributed by atoms with E-state index in [4.69, 9.17) is 0 Å². The minimum atomic E-state index is -0.0380. The number of thiophene rings is 1. The summed E-state index contributed by atoms with van der Waals surface area (Å²) in [6, 6.07) is 4.22. The van der Waals surface area contributed by atoms with Gasteiger partial charge in [-0.25, -0.2) is 0 Å². The summed E-state index contributed by atoms with van der Waals surface area (Å²) >= 11 is 1.77. The Morgan fingerprint density at radius 1 is 1.44 bits per heavy atom. The molecule has 1 aliphatic heterocycles. The van der Waals surface area contributed by atoms with Crippen LogP contribution in [0.5, 0.6) is 0 Å². The van der Waals surface area contributed by atoms with E-state index in [9.17, 15) is 4.79 Å². The van der Waals surface area contributed by atoms with Crippen LogP contribution in [0.3, 0.4) is 0 Å². The van der Waals surface area contributed by atoms with Gasteiger partial charge in [-0.1, -0.05) is 20.8 Å². The molecular weight excluding hydrogens is 244 g/mol. The monoisotopic (exact) mass is 266 g/mol. The summed E-state index contributed by atoms with van der Waals surface area (Å²) in [5.41, 5.74) is 0. The molecule has 3 nitrogen and oxygen atoms in total. The molecule has 0 bridgehead atoms. The van der Waals surface area contributed by atoms with E-state index in [-0.39, 0.29) is 18.1 Å². The lowest BCUT2D eigenvalue weighted by atomic mass is 10.1. The molecule has 1 amide bonds. The lowest BCUT2D eigenvalue weighted by Gasteiger charge is -2.22. The molecule has 18 heavy (non-hydrogen) atoms. The van der Waals surface area contributed by atoms with Gasteiger partial charge in [0.15, 0.2) is 0 Å². The number of hydrogen-bond donors (Lipinski definition) is 1.